The molecule has 0 amide bonds. The molecule has 0 N–H and O–H groups in total. The van der Waals surface area contributed by atoms with Crippen molar-refractivity contribution in [1.29, 1.82) is 5.26 Å². The van der Waals surface area contributed by atoms with Crippen molar-refractivity contribution in [1.82, 2.24) is 0 Å². The molecule has 0 radical (unpaired) electrons. The summed E-state index contributed by atoms with van der Waals surface area (Å²) in [5.74, 6) is -0.245. The largest absolute Gasteiger partial charge is 0.207 e. The molecular weight excluding hydrogens is 177 g/mol. The third-order valence-electron chi connectivity index (χ3n) is 2.25. The van der Waals surface area contributed by atoms with E-state index in [1.54, 1.807) is 18.2 Å². The molecule has 68 valence electrons. The molecule has 0 aliphatic rings. The normalized spacial score (nSPS) is 10.1. The smallest absolute Gasteiger partial charge is 0.123 e. The van der Waals surface area contributed by atoms with Crippen LogP contribution in [0.5, 0.6) is 0 Å². The van der Waals surface area contributed by atoms with Crippen LogP contribution in [0, 0.1) is 24.1 Å². The molecule has 1 nitrogen and oxygen atoms in total. The number of nitrogens with zero attached hydrogens (tertiary/aromatic N) is 1. The van der Waals surface area contributed by atoms with Gasteiger partial charge in [0.15, 0.2) is 0 Å². The van der Waals surface area contributed by atoms with Crippen LogP contribution in [0.2, 0.25) is 0 Å². The van der Waals surface area contributed by atoms with Gasteiger partial charge in [-0.1, -0.05) is 6.07 Å². The summed E-state index contributed by atoms with van der Waals surface area (Å²) in [6.07, 6.45) is 0. The summed E-state index contributed by atoms with van der Waals surface area (Å²) in [5, 5.41) is 10.5. The fourth-order valence-electron chi connectivity index (χ4n) is 1.58. The summed E-state index contributed by atoms with van der Waals surface area (Å²) in [6.45, 7) is 1.88. The van der Waals surface area contributed by atoms with E-state index in [-0.39, 0.29) is 5.82 Å². The van der Waals surface area contributed by atoms with E-state index in [0.29, 0.717) is 5.56 Å². The van der Waals surface area contributed by atoms with Gasteiger partial charge in [-0.05, 0) is 47.5 Å². The highest BCUT2D eigenvalue weighted by molar-refractivity contribution is 5.86. The van der Waals surface area contributed by atoms with Crippen LogP contribution in [0.4, 0.5) is 4.39 Å². The van der Waals surface area contributed by atoms with Gasteiger partial charge < -0.3 is 0 Å². The SMILES string of the molecule is Cc1cc(C#N)cc2ccc(F)cc12. The Bertz CT molecular complexity index is 538. The van der Waals surface area contributed by atoms with Gasteiger partial charge in [-0.15, -0.1) is 0 Å². The number of halogens is 1. The van der Waals surface area contributed by atoms with E-state index in [0.717, 1.165) is 16.3 Å². The first-order valence-electron chi connectivity index (χ1n) is 4.31. The zero-order valence-corrected chi connectivity index (χ0v) is 7.71. The zero-order valence-electron chi connectivity index (χ0n) is 7.71. The molecule has 0 bridgehead atoms. The summed E-state index contributed by atoms with van der Waals surface area (Å²) in [7, 11) is 0. The molecule has 14 heavy (non-hydrogen) atoms. The highest BCUT2D eigenvalue weighted by atomic mass is 19.1. The lowest BCUT2D eigenvalue weighted by Gasteiger charge is -2.02. The van der Waals surface area contributed by atoms with Crippen LogP contribution in [-0.4, -0.2) is 0 Å². The van der Waals surface area contributed by atoms with Gasteiger partial charge in [0.1, 0.15) is 5.82 Å². The molecule has 0 aliphatic carbocycles. The molecule has 0 unspecified atom stereocenters. The monoisotopic (exact) mass is 185 g/mol. The van der Waals surface area contributed by atoms with Crippen LogP contribution >= 0.6 is 0 Å². The lowest BCUT2D eigenvalue weighted by molar-refractivity contribution is 0.629. The van der Waals surface area contributed by atoms with Gasteiger partial charge in [-0.2, -0.15) is 5.26 Å². The van der Waals surface area contributed by atoms with Crippen LogP contribution in [0.1, 0.15) is 11.1 Å². The lowest BCUT2D eigenvalue weighted by Crippen LogP contribution is -1.83. The van der Waals surface area contributed by atoms with Crippen LogP contribution in [-0.2, 0) is 0 Å². The summed E-state index contributed by atoms with van der Waals surface area (Å²) < 4.78 is 12.9. The third-order valence-corrected chi connectivity index (χ3v) is 2.25. The third kappa shape index (κ3) is 1.33. The molecule has 0 aromatic heterocycles. The number of aryl methyl sites for hydroxylation is 1. The van der Waals surface area contributed by atoms with Gasteiger partial charge in [-0.3, -0.25) is 0 Å². The van der Waals surface area contributed by atoms with Crippen molar-refractivity contribution >= 4 is 10.8 Å². The molecule has 2 aromatic rings. The van der Waals surface area contributed by atoms with Crippen molar-refractivity contribution in [2.75, 3.05) is 0 Å². The highest BCUT2D eigenvalue weighted by Crippen LogP contribution is 2.21. The van der Waals surface area contributed by atoms with Crippen LogP contribution in [0.15, 0.2) is 30.3 Å². The Labute approximate surface area is 81.4 Å². The highest BCUT2D eigenvalue weighted by Gasteiger charge is 2.01. The van der Waals surface area contributed by atoms with Crippen LogP contribution < -0.4 is 0 Å². The molecule has 0 atom stereocenters. The van der Waals surface area contributed by atoms with Crippen molar-refractivity contribution in [3.63, 3.8) is 0 Å². The van der Waals surface area contributed by atoms with E-state index >= 15 is 0 Å². The minimum atomic E-state index is -0.245. The topological polar surface area (TPSA) is 23.8 Å². The van der Waals surface area contributed by atoms with Gasteiger partial charge in [0.05, 0.1) is 11.6 Å². The zero-order chi connectivity index (χ0) is 10.1. The quantitative estimate of drug-likeness (QED) is 0.618. The molecule has 0 saturated heterocycles. The Hall–Kier alpha value is -1.88. The van der Waals surface area contributed by atoms with E-state index in [1.165, 1.54) is 12.1 Å². The Morgan fingerprint density at radius 2 is 2.00 bits per heavy atom. The number of fused-ring (bicyclic) bond motifs is 1. The Morgan fingerprint density at radius 1 is 1.21 bits per heavy atom. The second-order valence-corrected chi connectivity index (χ2v) is 3.27. The molecule has 2 aromatic carbocycles. The maximum Gasteiger partial charge on any atom is 0.123 e. The standard InChI is InChI=1S/C12H8FN/c1-8-4-9(7-14)5-10-2-3-11(13)6-12(8)10/h2-6H,1H3. The number of hydrogen-bond donors (Lipinski definition) is 0. The molecule has 0 saturated carbocycles. The molecule has 2 heteroatoms. The lowest BCUT2D eigenvalue weighted by atomic mass is 10.0. The average molecular weight is 185 g/mol. The van der Waals surface area contributed by atoms with E-state index in [4.69, 9.17) is 5.26 Å². The fourth-order valence-corrected chi connectivity index (χ4v) is 1.58. The summed E-state index contributed by atoms with van der Waals surface area (Å²) in [4.78, 5) is 0. The first kappa shape index (κ1) is 8.71. The molecular formula is C12H8FN. The van der Waals surface area contributed by atoms with Gasteiger partial charge in [0.2, 0.25) is 0 Å². The average Bonchev–Trinajstić information content (AvgIpc) is 2.19. The maximum atomic E-state index is 12.9. The minimum absolute atomic E-state index is 0.245. The van der Waals surface area contributed by atoms with Crippen molar-refractivity contribution in [3.8, 4) is 6.07 Å². The predicted octanol–water partition coefficient (Wildman–Crippen LogP) is 3.16. The van der Waals surface area contributed by atoms with Gasteiger partial charge in [0, 0.05) is 0 Å². The molecule has 0 heterocycles. The number of rotatable bonds is 0. The number of nitriles is 1. The predicted molar refractivity (Wildman–Crippen MR) is 53.4 cm³/mol. The first-order valence-corrected chi connectivity index (χ1v) is 4.31. The van der Waals surface area contributed by atoms with Crippen LogP contribution in [0.25, 0.3) is 10.8 Å². The van der Waals surface area contributed by atoms with E-state index in [2.05, 4.69) is 6.07 Å². The molecule has 0 fully saturated rings. The number of hydrogen-bond acceptors (Lipinski definition) is 1. The van der Waals surface area contributed by atoms with Crippen LogP contribution in [0.3, 0.4) is 0 Å². The molecule has 0 aliphatic heterocycles. The first-order chi connectivity index (χ1) is 6.70. The minimum Gasteiger partial charge on any atom is -0.207 e. The number of benzene rings is 2. The maximum absolute atomic E-state index is 12.9. The van der Waals surface area contributed by atoms with Crippen molar-refractivity contribution < 1.29 is 4.39 Å². The van der Waals surface area contributed by atoms with E-state index in [9.17, 15) is 4.39 Å². The molecule has 0 spiro atoms. The van der Waals surface area contributed by atoms with Crippen molar-refractivity contribution in [2.45, 2.75) is 6.92 Å². The second kappa shape index (κ2) is 3.12. The van der Waals surface area contributed by atoms with Gasteiger partial charge in [-0.25, -0.2) is 4.39 Å². The van der Waals surface area contributed by atoms with E-state index in [1.807, 2.05) is 6.92 Å². The molecule has 2 rings (SSSR count). The summed E-state index contributed by atoms with van der Waals surface area (Å²) in [6, 6.07) is 10.2. The summed E-state index contributed by atoms with van der Waals surface area (Å²) in [5.41, 5.74) is 1.54. The van der Waals surface area contributed by atoms with Gasteiger partial charge in [0.25, 0.3) is 0 Å². The van der Waals surface area contributed by atoms with E-state index < -0.39 is 0 Å². The fraction of sp³-hybridized carbons (Fsp3) is 0.0833. The Morgan fingerprint density at radius 3 is 2.71 bits per heavy atom. The van der Waals surface area contributed by atoms with Crippen molar-refractivity contribution in [2.24, 2.45) is 0 Å². The Kier molecular flexibility index (Phi) is 1.94. The van der Waals surface area contributed by atoms with Gasteiger partial charge >= 0.3 is 0 Å². The van der Waals surface area contributed by atoms with Crippen molar-refractivity contribution in [3.05, 3.63) is 47.3 Å². The Balaban J connectivity index is 2.84. The summed E-state index contributed by atoms with van der Waals surface area (Å²) >= 11 is 0. The second-order valence-electron chi connectivity index (χ2n) is 3.27.